The Balaban J connectivity index is 3.61. The molecule has 164 valence electrons. The molecule has 0 rings (SSSR count). The molecule has 1 amide bonds. The first-order valence-corrected chi connectivity index (χ1v) is 10.2. The maximum atomic E-state index is 12.3. The Hall–Kier alpha value is -1.21. The molecule has 0 radical (unpaired) electrons. The minimum absolute atomic E-state index is 0.121. The van der Waals surface area contributed by atoms with E-state index in [4.69, 9.17) is 36.8 Å². The first-order chi connectivity index (χ1) is 13.8. The highest BCUT2D eigenvalue weighted by molar-refractivity contribution is 5.76. The van der Waals surface area contributed by atoms with Gasteiger partial charge in [-0.05, 0) is 38.8 Å². The summed E-state index contributed by atoms with van der Waals surface area (Å²) in [5.41, 5.74) is 11.1. The van der Waals surface area contributed by atoms with Crippen LogP contribution in [-0.2, 0) is 23.7 Å². The standard InChI is InChI=1S/C20H39N3O5/c1-2-12-25-14-16-27-18-19-28-17-15-26-13-7-20(24)23(10-5-3-8-21)11-6-4-9-22/h1H,3-19,21-22H2. The molecule has 8 nitrogen and oxygen atoms in total. The van der Waals surface area contributed by atoms with Crippen LogP contribution in [0.4, 0.5) is 0 Å². The van der Waals surface area contributed by atoms with E-state index in [0.29, 0.717) is 72.4 Å². The second-order valence-corrected chi connectivity index (χ2v) is 6.22. The number of nitrogens with two attached hydrogens (primary N) is 2. The Kier molecular flexibility index (Phi) is 21.1. The summed E-state index contributed by atoms with van der Waals surface area (Å²) in [6, 6.07) is 0. The lowest BCUT2D eigenvalue weighted by Crippen LogP contribution is -2.34. The number of carbonyl (C=O) groups is 1. The summed E-state index contributed by atoms with van der Waals surface area (Å²) in [6.45, 7) is 6.40. The summed E-state index contributed by atoms with van der Waals surface area (Å²) in [5.74, 6) is 2.51. The van der Waals surface area contributed by atoms with E-state index < -0.39 is 0 Å². The van der Waals surface area contributed by atoms with Crippen molar-refractivity contribution in [1.29, 1.82) is 0 Å². The summed E-state index contributed by atoms with van der Waals surface area (Å²) in [4.78, 5) is 14.2. The van der Waals surface area contributed by atoms with Crippen LogP contribution in [0.15, 0.2) is 0 Å². The van der Waals surface area contributed by atoms with Crippen LogP contribution < -0.4 is 11.5 Å². The molecular formula is C20H39N3O5. The zero-order valence-corrected chi connectivity index (χ0v) is 17.2. The fourth-order valence-corrected chi connectivity index (χ4v) is 2.36. The number of hydrogen-bond acceptors (Lipinski definition) is 7. The molecule has 0 heterocycles. The molecular weight excluding hydrogens is 362 g/mol. The lowest BCUT2D eigenvalue weighted by molar-refractivity contribution is -0.132. The van der Waals surface area contributed by atoms with Crippen molar-refractivity contribution < 1.29 is 23.7 Å². The van der Waals surface area contributed by atoms with Gasteiger partial charge in [-0.2, -0.15) is 0 Å². The van der Waals surface area contributed by atoms with Gasteiger partial charge in [0.25, 0.3) is 0 Å². The van der Waals surface area contributed by atoms with E-state index in [2.05, 4.69) is 5.92 Å². The highest BCUT2D eigenvalue weighted by Crippen LogP contribution is 2.02. The maximum absolute atomic E-state index is 12.3. The van der Waals surface area contributed by atoms with Crippen molar-refractivity contribution in [2.75, 3.05) is 79.0 Å². The van der Waals surface area contributed by atoms with Crippen LogP contribution in [0.25, 0.3) is 0 Å². The van der Waals surface area contributed by atoms with Gasteiger partial charge in [0.2, 0.25) is 5.91 Å². The quantitative estimate of drug-likeness (QED) is 0.211. The average Bonchev–Trinajstić information content (AvgIpc) is 2.70. The molecule has 0 spiro atoms. The maximum Gasteiger partial charge on any atom is 0.224 e. The number of amides is 1. The molecule has 0 unspecified atom stereocenters. The summed E-state index contributed by atoms with van der Waals surface area (Å²) < 4.78 is 21.3. The normalized spacial score (nSPS) is 10.8. The topological polar surface area (TPSA) is 109 Å². The van der Waals surface area contributed by atoms with Gasteiger partial charge in [0.1, 0.15) is 6.61 Å². The summed E-state index contributed by atoms with van der Waals surface area (Å²) >= 11 is 0. The van der Waals surface area contributed by atoms with Crippen LogP contribution in [0.5, 0.6) is 0 Å². The smallest absolute Gasteiger partial charge is 0.224 e. The molecule has 0 aromatic rings. The fourth-order valence-electron chi connectivity index (χ4n) is 2.36. The summed E-state index contributed by atoms with van der Waals surface area (Å²) in [5, 5.41) is 0. The third-order valence-corrected chi connectivity index (χ3v) is 3.88. The highest BCUT2D eigenvalue weighted by atomic mass is 16.6. The van der Waals surface area contributed by atoms with E-state index in [1.165, 1.54) is 0 Å². The molecule has 0 atom stereocenters. The van der Waals surface area contributed by atoms with Gasteiger partial charge in [0, 0.05) is 13.1 Å². The van der Waals surface area contributed by atoms with E-state index >= 15 is 0 Å². The Morgan fingerprint density at radius 1 is 0.750 bits per heavy atom. The molecule has 0 aromatic carbocycles. The molecule has 0 aliphatic heterocycles. The van der Waals surface area contributed by atoms with Crippen LogP contribution >= 0.6 is 0 Å². The molecule has 0 fully saturated rings. The molecule has 0 aliphatic carbocycles. The van der Waals surface area contributed by atoms with Crippen molar-refractivity contribution in [3.8, 4) is 12.3 Å². The minimum Gasteiger partial charge on any atom is -0.379 e. The first-order valence-electron chi connectivity index (χ1n) is 10.2. The van der Waals surface area contributed by atoms with Crippen LogP contribution in [0.3, 0.4) is 0 Å². The predicted octanol–water partition coefficient (Wildman–Crippen LogP) is 0.383. The van der Waals surface area contributed by atoms with Gasteiger partial charge in [-0.25, -0.2) is 0 Å². The second kappa shape index (κ2) is 22.1. The zero-order chi connectivity index (χ0) is 20.7. The molecule has 0 saturated carbocycles. The van der Waals surface area contributed by atoms with Crippen molar-refractivity contribution in [2.45, 2.75) is 32.1 Å². The van der Waals surface area contributed by atoms with Gasteiger partial charge in [0.05, 0.1) is 52.7 Å². The molecule has 0 bridgehead atoms. The number of hydrogen-bond donors (Lipinski definition) is 2. The Bertz CT molecular complexity index is 381. The number of carbonyl (C=O) groups excluding carboxylic acids is 1. The second-order valence-electron chi connectivity index (χ2n) is 6.22. The van der Waals surface area contributed by atoms with E-state index in [9.17, 15) is 4.79 Å². The summed E-state index contributed by atoms with van der Waals surface area (Å²) in [7, 11) is 0. The van der Waals surface area contributed by atoms with Crippen molar-refractivity contribution in [3.05, 3.63) is 0 Å². The van der Waals surface area contributed by atoms with Gasteiger partial charge in [-0.3, -0.25) is 4.79 Å². The zero-order valence-electron chi connectivity index (χ0n) is 17.2. The molecule has 0 aliphatic rings. The highest BCUT2D eigenvalue weighted by Gasteiger charge is 2.12. The number of unbranched alkanes of at least 4 members (excludes halogenated alkanes) is 2. The van der Waals surface area contributed by atoms with Crippen molar-refractivity contribution in [2.24, 2.45) is 11.5 Å². The number of rotatable bonds is 21. The molecule has 28 heavy (non-hydrogen) atoms. The van der Waals surface area contributed by atoms with Gasteiger partial charge in [0.15, 0.2) is 0 Å². The van der Waals surface area contributed by atoms with Crippen molar-refractivity contribution in [1.82, 2.24) is 4.90 Å². The Morgan fingerprint density at radius 3 is 1.68 bits per heavy atom. The molecule has 4 N–H and O–H groups in total. The van der Waals surface area contributed by atoms with Gasteiger partial charge >= 0.3 is 0 Å². The third kappa shape index (κ3) is 18.2. The van der Waals surface area contributed by atoms with Crippen LogP contribution in [0.1, 0.15) is 32.1 Å². The number of nitrogens with zero attached hydrogens (tertiary/aromatic N) is 1. The van der Waals surface area contributed by atoms with Crippen LogP contribution in [-0.4, -0.2) is 89.8 Å². The number of terminal acetylenes is 1. The number of ether oxygens (including phenoxy) is 4. The third-order valence-electron chi connectivity index (χ3n) is 3.88. The monoisotopic (exact) mass is 401 g/mol. The van der Waals surface area contributed by atoms with Crippen molar-refractivity contribution >= 4 is 5.91 Å². The minimum atomic E-state index is 0.121. The average molecular weight is 402 g/mol. The van der Waals surface area contributed by atoms with Crippen LogP contribution in [0, 0.1) is 12.3 Å². The van der Waals surface area contributed by atoms with E-state index in [1.54, 1.807) is 0 Å². The van der Waals surface area contributed by atoms with Gasteiger partial charge in [-0.15, -0.1) is 6.42 Å². The van der Waals surface area contributed by atoms with E-state index in [1.807, 2.05) is 4.90 Å². The van der Waals surface area contributed by atoms with E-state index in [0.717, 1.165) is 38.8 Å². The lowest BCUT2D eigenvalue weighted by atomic mass is 10.2. The molecule has 0 saturated heterocycles. The summed E-state index contributed by atoms with van der Waals surface area (Å²) in [6.07, 6.45) is 9.15. The predicted molar refractivity (Wildman–Crippen MR) is 110 cm³/mol. The van der Waals surface area contributed by atoms with Gasteiger partial charge in [-0.1, -0.05) is 5.92 Å². The van der Waals surface area contributed by atoms with Crippen LogP contribution in [0.2, 0.25) is 0 Å². The largest absolute Gasteiger partial charge is 0.379 e. The lowest BCUT2D eigenvalue weighted by Gasteiger charge is -2.22. The fraction of sp³-hybridized carbons (Fsp3) is 0.850. The van der Waals surface area contributed by atoms with Crippen molar-refractivity contribution in [3.63, 3.8) is 0 Å². The Morgan fingerprint density at radius 2 is 1.21 bits per heavy atom. The molecule has 8 heteroatoms. The SMILES string of the molecule is C#CCOCCOCCOCCOCCC(=O)N(CCCCN)CCCCN. The molecule has 0 aromatic heterocycles. The Labute approximate surface area is 170 Å². The van der Waals surface area contributed by atoms with Gasteiger partial charge < -0.3 is 35.3 Å². The first kappa shape index (κ1) is 26.8. The van der Waals surface area contributed by atoms with E-state index in [-0.39, 0.29) is 5.91 Å².